The molecule has 1 saturated heterocycles. The number of hydrogen-bond acceptors (Lipinski definition) is 4. The molecular weight excluding hydrogens is 332 g/mol. The number of nitrogens with one attached hydrogen (secondary N) is 1. The van der Waals surface area contributed by atoms with Gasteiger partial charge in [-0.2, -0.15) is 0 Å². The molecule has 2 atom stereocenters. The van der Waals surface area contributed by atoms with Crippen LogP contribution in [0.5, 0.6) is 0 Å². The third kappa shape index (κ3) is 2.98. The van der Waals surface area contributed by atoms with Crippen LogP contribution in [-0.2, 0) is 14.9 Å². The Bertz CT molecular complexity index is 847. The zero-order valence-electron chi connectivity index (χ0n) is 15.7. The van der Waals surface area contributed by atoms with Crippen LogP contribution in [-0.4, -0.2) is 41.4 Å². The Kier molecular flexibility index (Phi) is 4.80. The summed E-state index contributed by atoms with van der Waals surface area (Å²) in [5, 5.41) is 14.1. The molecule has 2 unspecified atom stereocenters. The van der Waals surface area contributed by atoms with Gasteiger partial charge in [0.25, 0.3) is 0 Å². The molecule has 0 radical (unpaired) electrons. The molecule has 26 heavy (non-hydrogen) atoms. The van der Waals surface area contributed by atoms with Gasteiger partial charge in [0.15, 0.2) is 0 Å². The first-order valence-corrected chi connectivity index (χ1v) is 9.01. The van der Waals surface area contributed by atoms with Crippen LogP contribution in [0.3, 0.4) is 0 Å². The van der Waals surface area contributed by atoms with E-state index in [9.17, 15) is 14.7 Å². The van der Waals surface area contributed by atoms with Crippen molar-refractivity contribution < 1.29 is 19.4 Å². The van der Waals surface area contributed by atoms with Crippen LogP contribution in [0.15, 0.2) is 24.3 Å². The number of nitrogens with zero attached hydrogens (tertiary/aromatic N) is 1. The molecule has 1 aliphatic rings. The average Bonchev–Trinajstić information content (AvgIpc) is 3.16. The number of ether oxygens (including phenoxy) is 1. The molecule has 2 N–H and O–H groups in total. The maximum absolute atomic E-state index is 12.5. The molecular formula is C20H26N2O4. The maximum Gasteiger partial charge on any atom is 0.416 e. The second-order valence-electron chi connectivity index (χ2n) is 7.77. The summed E-state index contributed by atoms with van der Waals surface area (Å²) in [5.74, 6) is -0.660. The Balaban J connectivity index is 2.28. The minimum Gasteiger partial charge on any atom is -0.466 e. The molecule has 1 aliphatic heterocycles. The fraction of sp³-hybridized carbons (Fsp3) is 0.500. The van der Waals surface area contributed by atoms with Crippen LogP contribution in [0, 0.1) is 5.92 Å². The van der Waals surface area contributed by atoms with Crippen molar-refractivity contribution in [1.82, 2.24) is 9.88 Å². The van der Waals surface area contributed by atoms with Crippen molar-refractivity contribution in [2.75, 3.05) is 19.7 Å². The average molecular weight is 358 g/mol. The number of benzene rings is 1. The molecule has 6 nitrogen and oxygen atoms in total. The van der Waals surface area contributed by atoms with Crippen LogP contribution in [0.25, 0.3) is 10.9 Å². The zero-order valence-corrected chi connectivity index (χ0v) is 15.7. The van der Waals surface area contributed by atoms with Crippen LogP contribution in [0.2, 0.25) is 0 Å². The fourth-order valence-electron chi connectivity index (χ4n) is 4.06. The minimum absolute atomic E-state index is 0.117. The first-order valence-electron chi connectivity index (χ1n) is 9.01. The zero-order chi connectivity index (χ0) is 19.1. The first kappa shape index (κ1) is 18.5. The monoisotopic (exact) mass is 358 g/mol. The molecule has 0 bridgehead atoms. The molecule has 0 aliphatic carbocycles. The lowest BCUT2D eigenvalue weighted by atomic mass is 9.80. The number of carboxylic acid groups (broad SMARTS) is 1. The number of rotatable bonds is 3. The number of carbonyl (C=O) groups excluding carboxylic acids is 1. The largest absolute Gasteiger partial charge is 0.466 e. The number of para-hydroxylation sites is 1. The van der Waals surface area contributed by atoms with Crippen LogP contribution < -0.4 is 5.32 Å². The van der Waals surface area contributed by atoms with Gasteiger partial charge in [-0.3, -0.25) is 4.79 Å². The van der Waals surface area contributed by atoms with E-state index in [0.717, 1.165) is 16.6 Å². The van der Waals surface area contributed by atoms with E-state index < -0.39 is 11.5 Å². The Morgan fingerprint density at radius 3 is 2.58 bits per heavy atom. The lowest BCUT2D eigenvalue weighted by Gasteiger charge is -2.26. The highest BCUT2D eigenvalue weighted by Crippen LogP contribution is 2.42. The van der Waals surface area contributed by atoms with Crippen molar-refractivity contribution in [1.29, 1.82) is 0 Å². The van der Waals surface area contributed by atoms with Gasteiger partial charge in [-0.05, 0) is 18.6 Å². The third-order valence-electron chi connectivity index (χ3n) is 4.99. The number of fused-ring (bicyclic) bond motifs is 1. The van der Waals surface area contributed by atoms with Gasteiger partial charge in [0.05, 0.1) is 18.0 Å². The summed E-state index contributed by atoms with van der Waals surface area (Å²) < 4.78 is 6.65. The van der Waals surface area contributed by atoms with Gasteiger partial charge in [-0.25, -0.2) is 9.36 Å². The Labute approximate surface area is 153 Å². The van der Waals surface area contributed by atoms with E-state index >= 15 is 0 Å². The van der Waals surface area contributed by atoms with Crippen molar-refractivity contribution in [2.45, 2.75) is 39.0 Å². The van der Waals surface area contributed by atoms with Crippen molar-refractivity contribution in [3.05, 3.63) is 35.5 Å². The summed E-state index contributed by atoms with van der Waals surface area (Å²) in [4.78, 5) is 24.6. The normalized spacial score (nSPS) is 20.5. The molecule has 2 aromatic rings. The highest BCUT2D eigenvalue weighted by molar-refractivity contribution is 5.94. The Morgan fingerprint density at radius 2 is 1.96 bits per heavy atom. The van der Waals surface area contributed by atoms with Crippen molar-refractivity contribution >= 4 is 23.0 Å². The standard InChI is InChI=1S/C20H26N2O4/c1-5-26-18(23)14-11-21-10-13(14)16-12-8-6-7-9-15(12)22(19(24)25)17(16)20(2,3)4/h6-9,13-14,21H,5,10-11H2,1-4H3,(H,24,25). The van der Waals surface area contributed by atoms with E-state index in [4.69, 9.17) is 4.74 Å². The minimum atomic E-state index is -1.00. The summed E-state index contributed by atoms with van der Waals surface area (Å²) in [7, 11) is 0. The molecule has 1 aromatic carbocycles. The van der Waals surface area contributed by atoms with E-state index in [1.165, 1.54) is 4.57 Å². The third-order valence-corrected chi connectivity index (χ3v) is 4.99. The van der Waals surface area contributed by atoms with Gasteiger partial charge in [0, 0.05) is 35.5 Å². The number of esters is 1. The molecule has 0 spiro atoms. The SMILES string of the molecule is CCOC(=O)C1CNCC1c1c(C(C)(C)C)n(C(=O)O)c2ccccc12. The molecule has 6 heteroatoms. The topological polar surface area (TPSA) is 80.6 Å². The van der Waals surface area contributed by atoms with E-state index in [2.05, 4.69) is 5.32 Å². The highest BCUT2D eigenvalue weighted by atomic mass is 16.5. The van der Waals surface area contributed by atoms with Gasteiger partial charge in [-0.15, -0.1) is 0 Å². The molecule has 2 heterocycles. The molecule has 0 saturated carbocycles. The predicted octanol–water partition coefficient (Wildman–Crippen LogP) is 3.33. The van der Waals surface area contributed by atoms with E-state index in [0.29, 0.717) is 25.2 Å². The second kappa shape index (κ2) is 6.76. The van der Waals surface area contributed by atoms with E-state index in [1.54, 1.807) is 6.92 Å². The van der Waals surface area contributed by atoms with Crippen molar-refractivity contribution in [3.63, 3.8) is 0 Å². The lowest BCUT2D eigenvalue weighted by Crippen LogP contribution is -2.28. The Morgan fingerprint density at radius 1 is 1.27 bits per heavy atom. The summed E-state index contributed by atoms with van der Waals surface area (Å²) in [5.41, 5.74) is 1.95. The highest BCUT2D eigenvalue weighted by Gasteiger charge is 2.41. The smallest absolute Gasteiger partial charge is 0.416 e. The van der Waals surface area contributed by atoms with E-state index in [-0.39, 0.29) is 17.8 Å². The first-order chi connectivity index (χ1) is 12.3. The number of aromatic nitrogens is 1. The Hall–Kier alpha value is -2.34. The van der Waals surface area contributed by atoms with Crippen molar-refractivity contribution in [3.8, 4) is 0 Å². The molecule has 0 amide bonds. The maximum atomic E-state index is 12.5. The van der Waals surface area contributed by atoms with Gasteiger partial charge >= 0.3 is 12.1 Å². The summed E-state index contributed by atoms with van der Waals surface area (Å²) >= 11 is 0. The second-order valence-corrected chi connectivity index (χ2v) is 7.77. The van der Waals surface area contributed by atoms with Crippen LogP contribution >= 0.6 is 0 Å². The van der Waals surface area contributed by atoms with Crippen molar-refractivity contribution in [2.24, 2.45) is 5.92 Å². The molecule has 1 aromatic heterocycles. The lowest BCUT2D eigenvalue weighted by molar-refractivity contribution is -0.147. The predicted molar refractivity (Wildman–Crippen MR) is 99.8 cm³/mol. The van der Waals surface area contributed by atoms with E-state index in [1.807, 2.05) is 45.0 Å². The molecule has 3 rings (SSSR count). The molecule has 1 fully saturated rings. The summed E-state index contributed by atoms with van der Waals surface area (Å²) in [6.45, 7) is 9.32. The number of hydrogen-bond donors (Lipinski definition) is 2. The summed E-state index contributed by atoms with van der Waals surface area (Å²) in [6.07, 6.45) is -1.00. The molecule has 140 valence electrons. The quantitative estimate of drug-likeness (QED) is 0.823. The van der Waals surface area contributed by atoms with Gasteiger partial charge in [0.1, 0.15) is 0 Å². The van der Waals surface area contributed by atoms with Crippen LogP contribution in [0.1, 0.15) is 44.9 Å². The number of carbonyl (C=O) groups is 2. The van der Waals surface area contributed by atoms with Gasteiger partial charge in [-0.1, -0.05) is 39.0 Å². The van der Waals surface area contributed by atoms with Crippen LogP contribution in [0.4, 0.5) is 4.79 Å². The van der Waals surface area contributed by atoms with Gasteiger partial charge < -0.3 is 15.2 Å². The van der Waals surface area contributed by atoms with Gasteiger partial charge in [0.2, 0.25) is 0 Å². The fourth-order valence-corrected chi connectivity index (χ4v) is 4.06. The summed E-state index contributed by atoms with van der Waals surface area (Å²) in [6, 6.07) is 7.52.